The first-order valence-corrected chi connectivity index (χ1v) is 10.8. The van der Waals surface area contributed by atoms with Gasteiger partial charge in [-0.2, -0.15) is 5.10 Å². The predicted molar refractivity (Wildman–Crippen MR) is 127 cm³/mol. The number of hydrazine groups is 1. The zero-order chi connectivity index (χ0) is 23.4. The number of carbonyl (C=O) groups is 2. The van der Waals surface area contributed by atoms with Crippen LogP contribution in [0.3, 0.4) is 0 Å². The van der Waals surface area contributed by atoms with E-state index in [1.54, 1.807) is 13.8 Å². The predicted octanol–water partition coefficient (Wildman–Crippen LogP) is 3.59. The largest absolute Gasteiger partial charge is 0.469 e. The van der Waals surface area contributed by atoms with Crippen LogP contribution >= 0.6 is 12.2 Å². The molecule has 2 heterocycles. The normalized spacial score (nSPS) is 13.8. The third-order valence-electron chi connectivity index (χ3n) is 5.25. The highest BCUT2D eigenvalue weighted by atomic mass is 32.1. The molecule has 9 nitrogen and oxygen atoms in total. The van der Waals surface area contributed by atoms with Gasteiger partial charge in [-0.05, 0) is 57.1 Å². The summed E-state index contributed by atoms with van der Waals surface area (Å²) in [6, 6.07) is 11.1. The number of anilines is 1. The first kappa shape index (κ1) is 22.3. The van der Waals surface area contributed by atoms with E-state index in [9.17, 15) is 9.59 Å². The van der Waals surface area contributed by atoms with E-state index in [0.29, 0.717) is 40.6 Å². The highest BCUT2D eigenvalue weighted by Gasteiger charge is 2.28. The van der Waals surface area contributed by atoms with Crippen LogP contribution in [-0.4, -0.2) is 22.6 Å². The number of fused-ring (bicyclic) bond motifs is 1. The molecular weight excluding hydrogens is 442 g/mol. The van der Waals surface area contributed by atoms with Crippen molar-refractivity contribution in [2.45, 2.75) is 33.1 Å². The van der Waals surface area contributed by atoms with Crippen molar-refractivity contribution in [3.05, 3.63) is 76.6 Å². The summed E-state index contributed by atoms with van der Waals surface area (Å²) in [4.78, 5) is 24.9. The first-order valence-electron chi connectivity index (χ1n) is 10.4. The third-order valence-corrected chi connectivity index (χ3v) is 5.44. The van der Waals surface area contributed by atoms with Crippen molar-refractivity contribution in [2.75, 3.05) is 5.32 Å². The standard InChI is InChI=1S/C23H23N5O4S/c1-13-19-17(25-28-23(33)24-15-7-4-3-5-8-15)9-6-10-18(19)32-20(13)22(30)27-26-21(29)16-11-12-31-14(16)2/h3-5,7-8,11-12H,6,9-10H2,1-2H3,(H,26,29)(H,27,30)(H2,24,28,33)/b25-17+. The summed E-state index contributed by atoms with van der Waals surface area (Å²) in [5, 5.41) is 7.89. The Kier molecular flexibility index (Phi) is 6.55. The molecule has 4 N–H and O–H groups in total. The topological polar surface area (TPSA) is 121 Å². The van der Waals surface area contributed by atoms with Crippen LogP contribution in [0.25, 0.3) is 0 Å². The van der Waals surface area contributed by atoms with Crippen molar-refractivity contribution in [3.8, 4) is 0 Å². The Hall–Kier alpha value is -3.92. The van der Waals surface area contributed by atoms with Crippen LogP contribution in [0, 0.1) is 13.8 Å². The SMILES string of the molecule is Cc1occc1C(=O)NNC(=O)c1oc2c(c1C)/C(=N/NC(=S)Nc1ccccc1)CCC2. The van der Waals surface area contributed by atoms with Gasteiger partial charge >= 0.3 is 5.91 Å². The van der Waals surface area contributed by atoms with Crippen molar-refractivity contribution in [3.63, 3.8) is 0 Å². The number of nitrogens with zero attached hydrogens (tertiary/aromatic N) is 1. The number of hydrazone groups is 1. The molecule has 0 spiro atoms. The summed E-state index contributed by atoms with van der Waals surface area (Å²) in [7, 11) is 0. The fraction of sp³-hybridized carbons (Fsp3) is 0.217. The molecule has 1 aromatic carbocycles. The maximum absolute atomic E-state index is 12.7. The van der Waals surface area contributed by atoms with Crippen LogP contribution in [0.2, 0.25) is 0 Å². The average Bonchev–Trinajstić information content (AvgIpc) is 3.40. The zero-order valence-corrected chi connectivity index (χ0v) is 19.0. The van der Waals surface area contributed by atoms with Gasteiger partial charge in [0.2, 0.25) is 0 Å². The molecule has 0 atom stereocenters. The second-order valence-corrected chi connectivity index (χ2v) is 7.91. The Morgan fingerprint density at radius 3 is 2.52 bits per heavy atom. The van der Waals surface area contributed by atoms with Gasteiger partial charge < -0.3 is 14.2 Å². The van der Waals surface area contributed by atoms with Crippen LogP contribution in [0.15, 0.2) is 56.6 Å². The van der Waals surface area contributed by atoms with Crippen LogP contribution in [0.5, 0.6) is 0 Å². The molecule has 0 radical (unpaired) electrons. The van der Waals surface area contributed by atoms with Crippen LogP contribution in [-0.2, 0) is 6.42 Å². The van der Waals surface area contributed by atoms with Gasteiger partial charge in [-0.25, -0.2) is 0 Å². The van der Waals surface area contributed by atoms with E-state index in [1.165, 1.54) is 12.3 Å². The molecule has 0 unspecified atom stereocenters. The molecular formula is C23H23N5O4S. The summed E-state index contributed by atoms with van der Waals surface area (Å²) in [6.45, 7) is 3.46. The van der Waals surface area contributed by atoms with Crippen molar-refractivity contribution in [1.29, 1.82) is 0 Å². The average molecular weight is 466 g/mol. The van der Waals surface area contributed by atoms with Crippen LogP contribution < -0.4 is 21.6 Å². The Balaban J connectivity index is 1.45. The minimum absolute atomic E-state index is 0.129. The molecule has 10 heteroatoms. The lowest BCUT2D eigenvalue weighted by atomic mass is 9.93. The molecule has 33 heavy (non-hydrogen) atoms. The molecule has 1 aliphatic rings. The smallest absolute Gasteiger partial charge is 0.305 e. The highest BCUT2D eigenvalue weighted by molar-refractivity contribution is 7.80. The second-order valence-electron chi connectivity index (χ2n) is 7.50. The number of amides is 2. The van der Waals surface area contributed by atoms with Gasteiger partial charge in [0.1, 0.15) is 11.5 Å². The summed E-state index contributed by atoms with van der Waals surface area (Å²) in [5.74, 6) is 0.242. The summed E-state index contributed by atoms with van der Waals surface area (Å²) in [5.41, 5.74) is 11.0. The Labute approximate surface area is 195 Å². The van der Waals surface area contributed by atoms with Gasteiger partial charge in [0, 0.05) is 23.2 Å². The van der Waals surface area contributed by atoms with Gasteiger partial charge in [0.05, 0.1) is 17.5 Å². The molecule has 0 saturated heterocycles. The van der Waals surface area contributed by atoms with Crippen molar-refractivity contribution < 1.29 is 18.4 Å². The van der Waals surface area contributed by atoms with Gasteiger partial charge in [-0.15, -0.1) is 0 Å². The summed E-state index contributed by atoms with van der Waals surface area (Å²) >= 11 is 5.32. The van der Waals surface area contributed by atoms with Crippen molar-refractivity contribution in [1.82, 2.24) is 16.3 Å². The molecule has 0 fully saturated rings. The molecule has 2 aromatic heterocycles. The lowest BCUT2D eigenvalue weighted by Crippen LogP contribution is -2.41. The third kappa shape index (κ3) is 4.96. The van der Waals surface area contributed by atoms with E-state index < -0.39 is 11.8 Å². The molecule has 0 bridgehead atoms. The number of benzene rings is 1. The number of hydrogen-bond acceptors (Lipinski definition) is 6. The first-order chi connectivity index (χ1) is 15.9. The second kappa shape index (κ2) is 9.70. The molecule has 0 aliphatic heterocycles. The van der Waals surface area contributed by atoms with E-state index in [2.05, 4.69) is 26.7 Å². The van der Waals surface area contributed by atoms with Crippen LogP contribution in [0.4, 0.5) is 5.69 Å². The molecule has 4 rings (SSSR count). The van der Waals surface area contributed by atoms with Gasteiger partial charge in [0.25, 0.3) is 5.91 Å². The number of nitrogens with one attached hydrogen (secondary N) is 4. The van der Waals surface area contributed by atoms with E-state index in [0.717, 1.165) is 23.4 Å². The van der Waals surface area contributed by atoms with Gasteiger partial charge in [-0.3, -0.25) is 25.9 Å². The van der Waals surface area contributed by atoms with E-state index in [4.69, 9.17) is 21.1 Å². The van der Waals surface area contributed by atoms with E-state index in [-0.39, 0.29) is 5.76 Å². The maximum Gasteiger partial charge on any atom is 0.305 e. The fourth-order valence-corrected chi connectivity index (χ4v) is 3.82. The molecule has 2 amide bonds. The number of carbonyl (C=O) groups excluding carboxylic acids is 2. The lowest BCUT2D eigenvalue weighted by molar-refractivity contribution is 0.0828. The summed E-state index contributed by atoms with van der Waals surface area (Å²) in [6.07, 6.45) is 3.64. The van der Waals surface area contributed by atoms with E-state index in [1.807, 2.05) is 30.3 Å². The van der Waals surface area contributed by atoms with E-state index >= 15 is 0 Å². The van der Waals surface area contributed by atoms with Crippen LogP contribution in [0.1, 0.15) is 56.4 Å². The molecule has 0 saturated carbocycles. The maximum atomic E-state index is 12.7. The summed E-state index contributed by atoms with van der Waals surface area (Å²) < 4.78 is 11.0. The lowest BCUT2D eigenvalue weighted by Gasteiger charge is -2.14. The highest BCUT2D eigenvalue weighted by Crippen LogP contribution is 2.29. The number of rotatable bonds is 4. The molecule has 3 aromatic rings. The minimum Gasteiger partial charge on any atom is -0.469 e. The number of thiocarbonyl (C=S) groups is 1. The van der Waals surface area contributed by atoms with Gasteiger partial charge in [-0.1, -0.05) is 18.2 Å². The number of para-hydroxylation sites is 1. The number of hydrogen-bond donors (Lipinski definition) is 4. The Morgan fingerprint density at radius 1 is 1.03 bits per heavy atom. The van der Waals surface area contributed by atoms with Crippen molar-refractivity contribution in [2.24, 2.45) is 5.10 Å². The zero-order valence-electron chi connectivity index (χ0n) is 18.2. The number of furan rings is 2. The minimum atomic E-state index is -0.551. The van der Waals surface area contributed by atoms with Crippen molar-refractivity contribution >= 4 is 40.5 Å². The Bertz CT molecular complexity index is 1230. The fourth-order valence-electron chi connectivity index (χ4n) is 3.65. The van der Waals surface area contributed by atoms with Gasteiger partial charge in [0.15, 0.2) is 10.9 Å². The Morgan fingerprint density at radius 2 is 1.79 bits per heavy atom. The number of aryl methyl sites for hydroxylation is 2. The quantitative estimate of drug-likeness (QED) is 0.343. The molecule has 170 valence electrons. The monoisotopic (exact) mass is 465 g/mol. The molecule has 1 aliphatic carbocycles.